The number of nitrogens with one attached hydrogen (secondary N) is 1. The van der Waals surface area contributed by atoms with Crippen LogP contribution in [0.5, 0.6) is 0 Å². The van der Waals surface area contributed by atoms with Crippen molar-refractivity contribution in [2.45, 2.75) is 46.8 Å². The summed E-state index contributed by atoms with van der Waals surface area (Å²) in [5.74, 6) is 0. The van der Waals surface area contributed by atoms with E-state index in [9.17, 15) is 0 Å². The molecule has 13 heavy (non-hydrogen) atoms. The van der Waals surface area contributed by atoms with Crippen LogP contribution in [0.25, 0.3) is 0 Å². The van der Waals surface area contributed by atoms with E-state index in [4.69, 9.17) is 0 Å². The van der Waals surface area contributed by atoms with E-state index < -0.39 is 0 Å². The van der Waals surface area contributed by atoms with Crippen molar-refractivity contribution in [1.82, 2.24) is 9.88 Å². The zero-order valence-corrected chi connectivity index (χ0v) is 9.09. The number of nitrogens with zero attached hydrogens (tertiary/aromatic N) is 1. The van der Waals surface area contributed by atoms with Crippen molar-refractivity contribution in [2.75, 3.05) is 0 Å². The summed E-state index contributed by atoms with van der Waals surface area (Å²) in [4.78, 5) is 0. The van der Waals surface area contributed by atoms with Crippen molar-refractivity contribution in [3.05, 3.63) is 23.5 Å². The Morgan fingerprint density at radius 3 is 2.62 bits per heavy atom. The van der Waals surface area contributed by atoms with Crippen LogP contribution in [0.4, 0.5) is 0 Å². The molecule has 1 aromatic rings. The Kier molecular flexibility index (Phi) is 3.55. The van der Waals surface area contributed by atoms with Crippen molar-refractivity contribution in [3.8, 4) is 0 Å². The van der Waals surface area contributed by atoms with Crippen LogP contribution in [0.3, 0.4) is 0 Å². The molecule has 0 atom stereocenters. The van der Waals surface area contributed by atoms with E-state index in [1.54, 1.807) is 0 Å². The van der Waals surface area contributed by atoms with Gasteiger partial charge in [-0.3, -0.25) is 0 Å². The molecule has 0 unspecified atom stereocenters. The summed E-state index contributed by atoms with van der Waals surface area (Å²) in [6.07, 6.45) is 0. The third-order valence-corrected chi connectivity index (χ3v) is 2.30. The van der Waals surface area contributed by atoms with Gasteiger partial charge in [-0.15, -0.1) is 0 Å². The second-order valence-electron chi connectivity index (χ2n) is 3.75. The van der Waals surface area contributed by atoms with E-state index in [2.05, 4.69) is 49.7 Å². The third-order valence-electron chi connectivity index (χ3n) is 2.30. The molecule has 1 aromatic heterocycles. The molecule has 0 radical (unpaired) electrons. The normalized spacial score (nSPS) is 11.2. The Bertz CT molecular complexity index is 261. The van der Waals surface area contributed by atoms with Crippen LogP contribution in [0, 0.1) is 6.92 Å². The number of aromatic nitrogens is 1. The van der Waals surface area contributed by atoms with E-state index in [1.807, 2.05) is 0 Å². The van der Waals surface area contributed by atoms with Crippen LogP contribution in [-0.2, 0) is 13.1 Å². The Morgan fingerprint density at radius 2 is 2.08 bits per heavy atom. The van der Waals surface area contributed by atoms with Crippen LogP contribution < -0.4 is 5.32 Å². The molecule has 0 fully saturated rings. The van der Waals surface area contributed by atoms with Crippen molar-refractivity contribution < 1.29 is 0 Å². The van der Waals surface area contributed by atoms with Crippen LogP contribution in [-0.4, -0.2) is 10.6 Å². The van der Waals surface area contributed by atoms with Gasteiger partial charge in [0.15, 0.2) is 0 Å². The molecule has 0 aliphatic rings. The first kappa shape index (κ1) is 10.3. The zero-order valence-electron chi connectivity index (χ0n) is 9.09. The van der Waals surface area contributed by atoms with Gasteiger partial charge in [-0.2, -0.15) is 0 Å². The minimum atomic E-state index is 0.556. The monoisotopic (exact) mass is 180 g/mol. The van der Waals surface area contributed by atoms with Gasteiger partial charge < -0.3 is 9.88 Å². The van der Waals surface area contributed by atoms with E-state index in [-0.39, 0.29) is 0 Å². The van der Waals surface area contributed by atoms with E-state index in [0.29, 0.717) is 6.04 Å². The molecule has 2 nitrogen and oxygen atoms in total. The molecule has 0 amide bonds. The smallest absolute Gasteiger partial charge is 0.0361 e. The molecule has 0 aliphatic heterocycles. The highest BCUT2D eigenvalue weighted by molar-refractivity contribution is 5.15. The molecule has 0 spiro atoms. The van der Waals surface area contributed by atoms with Crippen LogP contribution in [0.1, 0.15) is 32.2 Å². The number of hydrogen-bond donors (Lipinski definition) is 1. The molecule has 74 valence electrons. The van der Waals surface area contributed by atoms with Crippen molar-refractivity contribution in [3.63, 3.8) is 0 Å². The fourth-order valence-electron chi connectivity index (χ4n) is 1.54. The average Bonchev–Trinajstić information content (AvgIpc) is 2.42. The number of rotatable bonds is 4. The minimum Gasteiger partial charge on any atom is -0.348 e. The van der Waals surface area contributed by atoms with E-state index in [0.717, 1.165) is 13.1 Å². The van der Waals surface area contributed by atoms with Crippen molar-refractivity contribution in [1.29, 1.82) is 0 Å². The quantitative estimate of drug-likeness (QED) is 0.752. The lowest BCUT2D eigenvalue weighted by Crippen LogP contribution is -2.23. The molecule has 1 rings (SSSR count). The Hall–Kier alpha value is -0.760. The molecule has 1 N–H and O–H groups in total. The molecule has 0 saturated carbocycles. The molecular formula is C11H20N2. The topological polar surface area (TPSA) is 17.0 Å². The molecule has 2 heteroatoms. The molecule has 1 heterocycles. The maximum absolute atomic E-state index is 3.43. The summed E-state index contributed by atoms with van der Waals surface area (Å²) in [5.41, 5.74) is 2.73. The number of aryl methyl sites for hydroxylation is 1. The van der Waals surface area contributed by atoms with Gasteiger partial charge in [0.1, 0.15) is 0 Å². The second kappa shape index (κ2) is 4.47. The van der Waals surface area contributed by atoms with Gasteiger partial charge >= 0.3 is 0 Å². The maximum atomic E-state index is 3.43. The minimum absolute atomic E-state index is 0.556. The molecule has 0 saturated heterocycles. The molecule has 0 bridgehead atoms. The zero-order chi connectivity index (χ0) is 9.84. The van der Waals surface area contributed by atoms with Gasteiger partial charge in [0, 0.05) is 30.5 Å². The fraction of sp³-hybridized carbons (Fsp3) is 0.636. The molecular weight excluding hydrogens is 160 g/mol. The summed E-state index contributed by atoms with van der Waals surface area (Å²) in [7, 11) is 0. The largest absolute Gasteiger partial charge is 0.348 e. The van der Waals surface area contributed by atoms with Crippen molar-refractivity contribution >= 4 is 0 Å². The summed E-state index contributed by atoms with van der Waals surface area (Å²) < 4.78 is 2.34. The third kappa shape index (κ3) is 2.59. The molecule has 0 aromatic carbocycles. The summed E-state index contributed by atoms with van der Waals surface area (Å²) in [6.45, 7) is 10.7. The lowest BCUT2D eigenvalue weighted by molar-refractivity contribution is 0.558. The molecule has 0 aliphatic carbocycles. The first-order valence-electron chi connectivity index (χ1n) is 5.03. The first-order valence-corrected chi connectivity index (χ1v) is 5.03. The highest BCUT2D eigenvalue weighted by Gasteiger charge is 2.02. The lowest BCUT2D eigenvalue weighted by Gasteiger charge is -2.11. The lowest BCUT2D eigenvalue weighted by atomic mass is 10.3. The maximum Gasteiger partial charge on any atom is 0.0361 e. The van der Waals surface area contributed by atoms with Crippen LogP contribution in [0.15, 0.2) is 12.1 Å². The number of hydrogen-bond acceptors (Lipinski definition) is 1. The van der Waals surface area contributed by atoms with E-state index in [1.165, 1.54) is 11.4 Å². The average molecular weight is 180 g/mol. The highest BCUT2D eigenvalue weighted by Crippen LogP contribution is 2.07. The van der Waals surface area contributed by atoms with Gasteiger partial charge in [0.25, 0.3) is 0 Å². The second-order valence-corrected chi connectivity index (χ2v) is 3.75. The Balaban J connectivity index is 2.65. The predicted octanol–water partition coefficient (Wildman–Crippen LogP) is 2.31. The van der Waals surface area contributed by atoms with Crippen LogP contribution >= 0.6 is 0 Å². The van der Waals surface area contributed by atoms with E-state index >= 15 is 0 Å². The highest BCUT2D eigenvalue weighted by atomic mass is 15.0. The summed E-state index contributed by atoms with van der Waals surface area (Å²) >= 11 is 0. The van der Waals surface area contributed by atoms with Gasteiger partial charge in [-0.1, -0.05) is 13.8 Å². The fourth-order valence-corrected chi connectivity index (χ4v) is 1.54. The Labute approximate surface area is 81.0 Å². The van der Waals surface area contributed by atoms with Crippen LogP contribution in [0.2, 0.25) is 0 Å². The standard InChI is InChI=1S/C11H20N2/c1-5-13-10(4)6-7-11(13)8-12-9(2)3/h6-7,9,12H,5,8H2,1-4H3. The SMILES string of the molecule is CCn1c(C)ccc1CNC(C)C. The van der Waals surface area contributed by atoms with Gasteiger partial charge in [0.2, 0.25) is 0 Å². The van der Waals surface area contributed by atoms with Gasteiger partial charge in [-0.05, 0) is 26.0 Å². The van der Waals surface area contributed by atoms with Crippen molar-refractivity contribution in [2.24, 2.45) is 0 Å². The van der Waals surface area contributed by atoms with Gasteiger partial charge in [0.05, 0.1) is 0 Å². The predicted molar refractivity (Wildman–Crippen MR) is 56.8 cm³/mol. The first-order chi connectivity index (χ1) is 6.15. The Morgan fingerprint density at radius 1 is 1.38 bits per heavy atom. The van der Waals surface area contributed by atoms with Gasteiger partial charge in [-0.25, -0.2) is 0 Å². The summed E-state index contributed by atoms with van der Waals surface area (Å²) in [5, 5.41) is 3.43. The summed E-state index contributed by atoms with van der Waals surface area (Å²) in [6, 6.07) is 4.94.